The van der Waals surface area contributed by atoms with E-state index in [0.717, 1.165) is 11.1 Å². The average molecular weight is 285 g/mol. The van der Waals surface area contributed by atoms with E-state index in [0.29, 0.717) is 12.4 Å². The molecule has 110 valence electrons. The van der Waals surface area contributed by atoms with Gasteiger partial charge in [0.25, 0.3) is 0 Å². The van der Waals surface area contributed by atoms with Crippen LogP contribution in [0.25, 0.3) is 0 Å². The van der Waals surface area contributed by atoms with Gasteiger partial charge in [-0.05, 0) is 24.1 Å². The Morgan fingerprint density at radius 3 is 2.62 bits per heavy atom. The molecule has 0 saturated heterocycles. The van der Waals surface area contributed by atoms with Crippen LogP contribution in [0.15, 0.2) is 48.7 Å². The summed E-state index contributed by atoms with van der Waals surface area (Å²) >= 11 is 0. The Morgan fingerprint density at radius 1 is 1.24 bits per heavy atom. The smallest absolute Gasteiger partial charge is 0.320 e. The van der Waals surface area contributed by atoms with Gasteiger partial charge in [-0.3, -0.25) is 5.32 Å². The van der Waals surface area contributed by atoms with Crippen LogP contribution >= 0.6 is 0 Å². The molecule has 2 amide bonds. The molecule has 0 aliphatic carbocycles. The molecule has 2 rings (SSSR count). The van der Waals surface area contributed by atoms with Crippen LogP contribution < -0.4 is 10.6 Å². The third-order valence-corrected chi connectivity index (χ3v) is 2.99. The molecule has 1 heterocycles. The van der Waals surface area contributed by atoms with Crippen LogP contribution in [0.4, 0.5) is 10.6 Å². The second-order valence-electron chi connectivity index (χ2n) is 4.74. The highest BCUT2D eigenvalue weighted by Gasteiger charge is 2.14. The number of pyridine rings is 1. The van der Waals surface area contributed by atoms with E-state index >= 15 is 0 Å². The predicted octanol–water partition coefficient (Wildman–Crippen LogP) is 2.90. The summed E-state index contributed by atoms with van der Waals surface area (Å²) in [6.45, 7) is 2.35. The number of carbonyl (C=O) groups is 1. The van der Waals surface area contributed by atoms with E-state index in [1.54, 1.807) is 19.4 Å². The number of nitrogens with one attached hydrogen (secondary N) is 2. The molecule has 1 atom stereocenters. The Hall–Kier alpha value is -2.40. The Bertz CT molecular complexity index is 570. The van der Waals surface area contributed by atoms with Gasteiger partial charge in [0.1, 0.15) is 5.82 Å². The summed E-state index contributed by atoms with van der Waals surface area (Å²) in [6.07, 6.45) is 1.71. The van der Waals surface area contributed by atoms with Crippen LogP contribution in [0.5, 0.6) is 0 Å². The largest absolute Gasteiger partial charge is 0.382 e. The Labute approximate surface area is 124 Å². The molecule has 0 unspecified atom stereocenters. The number of rotatable bonds is 5. The van der Waals surface area contributed by atoms with Crippen LogP contribution in [-0.2, 0) is 4.74 Å². The SMILES string of the molecule is COC[C@@H](NC(=O)Nc1ccc(C)cn1)c1ccccc1. The summed E-state index contributed by atoms with van der Waals surface area (Å²) in [7, 11) is 1.61. The first-order valence-electron chi connectivity index (χ1n) is 6.73. The van der Waals surface area contributed by atoms with Crippen molar-refractivity contribution in [3.8, 4) is 0 Å². The predicted molar refractivity (Wildman–Crippen MR) is 82.2 cm³/mol. The molecule has 0 saturated carbocycles. The summed E-state index contributed by atoms with van der Waals surface area (Å²) in [6, 6.07) is 12.8. The molecule has 1 aromatic carbocycles. The number of carbonyl (C=O) groups excluding carboxylic acids is 1. The molecule has 0 radical (unpaired) electrons. The van der Waals surface area contributed by atoms with E-state index in [1.807, 2.05) is 43.3 Å². The number of hydrogen-bond acceptors (Lipinski definition) is 3. The Kier molecular flexibility index (Phi) is 5.29. The van der Waals surface area contributed by atoms with Crippen molar-refractivity contribution in [3.05, 3.63) is 59.8 Å². The third-order valence-electron chi connectivity index (χ3n) is 2.99. The van der Waals surface area contributed by atoms with E-state index in [1.165, 1.54) is 0 Å². The van der Waals surface area contributed by atoms with Crippen LogP contribution in [-0.4, -0.2) is 24.7 Å². The van der Waals surface area contributed by atoms with Crippen LogP contribution in [0.2, 0.25) is 0 Å². The van der Waals surface area contributed by atoms with E-state index in [4.69, 9.17) is 4.74 Å². The average Bonchev–Trinajstić information content (AvgIpc) is 2.50. The third kappa shape index (κ3) is 4.57. The van der Waals surface area contributed by atoms with Crippen molar-refractivity contribution in [1.29, 1.82) is 0 Å². The molecule has 0 aliphatic heterocycles. The molecule has 2 N–H and O–H groups in total. The minimum absolute atomic E-state index is 0.207. The van der Waals surface area contributed by atoms with Gasteiger partial charge in [0, 0.05) is 13.3 Å². The quantitative estimate of drug-likeness (QED) is 0.888. The fourth-order valence-corrected chi connectivity index (χ4v) is 1.93. The lowest BCUT2D eigenvalue weighted by Crippen LogP contribution is -2.35. The van der Waals surface area contributed by atoms with Crippen LogP contribution in [0, 0.1) is 6.92 Å². The van der Waals surface area contributed by atoms with E-state index in [2.05, 4.69) is 15.6 Å². The van der Waals surface area contributed by atoms with Crippen molar-refractivity contribution in [2.24, 2.45) is 0 Å². The zero-order chi connectivity index (χ0) is 15.1. The zero-order valence-electron chi connectivity index (χ0n) is 12.2. The first-order chi connectivity index (χ1) is 10.2. The van der Waals surface area contributed by atoms with Crippen LogP contribution in [0.3, 0.4) is 0 Å². The Morgan fingerprint density at radius 2 is 2.00 bits per heavy atom. The number of aromatic nitrogens is 1. The highest BCUT2D eigenvalue weighted by Crippen LogP contribution is 2.13. The Balaban J connectivity index is 2.00. The highest BCUT2D eigenvalue weighted by molar-refractivity contribution is 5.88. The number of anilines is 1. The van der Waals surface area contributed by atoms with Gasteiger partial charge in [-0.1, -0.05) is 36.4 Å². The van der Waals surface area contributed by atoms with Crippen molar-refractivity contribution >= 4 is 11.8 Å². The lowest BCUT2D eigenvalue weighted by molar-refractivity contribution is 0.168. The summed E-state index contributed by atoms with van der Waals surface area (Å²) < 4.78 is 5.17. The van der Waals surface area contributed by atoms with E-state index in [-0.39, 0.29) is 12.1 Å². The molecule has 5 heteroatoms. The molecule has 0 fully saturated rings. The monoisotopic (exact) mass is 285 g/mol. The number of ether oxygens (including phenoxy) is 1. The lowest BCUT2D eigenvalue weighted by Gasteiger charge is -2.18. The van der Waals surface area contributed by atoms with Crippen molar-refractivity contribution in [2.75, 3.05) is 19.0 Å². The minimum Gasteiger partial charge on any atom is -0.382 e. The molecular formula is C16H19N3O2. The summed E-state index contributed by atoms with van der Waals surface area (Å²) in [5, 5.41) is 5.59. The van der Waals surface area contributed by atoms with Gasteiger partial charge in [-0.15, -0.1) is 0 Å². The zero-order valence-corrected chi connectivity index (χ0v) is 12.2. The van der Waals surface area contributed by atoms with E-state index < -0.39 is 0 Å². The normalized spacial score (nSPS) is 11.7. The fraction of sp³-hybridized carbons (Fsp3) is 0.250. The number of methoxy groups -OCH3 is 1. The highest BCUT2D eigenvalue weighted by atomic mass is 16.5. The molecule has 5 nitrogen and oxygen atoms in total. The molecule has 2 aromatic rings. The van der Waals surface area contributed by atoms with Gasteiger partial charge >= 0.3 is 6.03 Å². The van der Waals surface area contributed by atoms with Gasteiger partial charge in [0.2, 0.25) is 0 Å². The van der Waals surface area contributed by atoms with Gasteiger partial charge in [-0.25, -0.2) is 9.78 Å². The maximum Gasteiger partial charge on any atom is 0.320 e. The molecule has 0 spiro atoms. The maximum absolute atomic E-state index is 12.0. The first kappa shape index (κ1) is 15.0. The second-order valence-corrected chi connectivity index (χ2v) is 4.74. The number of nitrogens with zero attached hydrogens (tertiary/aromatic N) is 1. The lowest BCUT2D eigenvalue weighted by atomic mass is 10.1. The first-order valence-corrected chi connectivity index (χ1v) is 6.73. The standard InChI is InChI=1S/C16H19N3O2/c1-12-8-9-15(17-10-12)19-16(20)18-14(11-21-2)13-6-4-3-5-7-13/h3-10,14H,11H2,1-2H3,(H2,17,18,19,20)/t14-/m1/s1. The summed E-state index contributed by atoms with van der Waals surface area (Å²) in [5.41, 5.74) is 2.04. The molecular weight excluding hydrogens is 266 g/mol. The van der Waals surface area contributed by atoms with E-state index in [9.17, 15) is 4.79 Å². The summed E-state index contributed by atoms with van der Waals surface area (Å²) in [4.78, 5) is 16.2. The number of urea groups is 1. The van der Waals surface area contributed by atoms with Gasteiger partial charge < -0.3 is 10.1 Å². The number of aryl methyl sites for hydroxylation is 1. The number of hydrogen-bond donors (Lipinski definition) is 2. The van der Waals surface area contributed by atoms with Gasteiger partial charge in [0.05, 0.1) is 12.6 Å². The van der Waals surface area contributed by atoms with Crippen molar-refractivity contribution < 1.29 is 9.53 Å². The minimum atomic E-state index is -0.308. The molecule has 0 bridgehead atoms. The molecule has 0 aliphatic rings. The second kappa shape index (κ2) is 7.40. The van der Waals surface area contributed by atoms with Crippen molar-refractivity contribution in [2.45, 2.75) is 13.0 Å². The number of benzene rings is 1. The van der Waals surface area contributed by atoms with Crippen molar-refractivity contribution in [3.63, 3.8) is 0 Å². The molecule has 21 heavy (non-hydrogen) atoms. The maximum atomic E-state index is 12.0. The fourth-order valence-electron chi connectivity index (χ4n) is 1.93. The van der Waals surface area contributed by atoms with Gasteiger partial charge in [-0.2, -0.15) is 0 Å². The topological polar surface area (TPSA) is 63.2 Å². The summed E-state index contributed by atoms with van der Waals surface area (Å²) in [5.74, 6) is 0.516. The van der Waals surface area contributed by atoms with Gasteiger partial charge in [0.15, 0.2) is 0 Å². The number of amides is 2. The van der Waals surface area contributed by atoms with Crippen molar-refractivity contribution in [1.82, 2.24) is 10.3 Å². The van der Waals surface area contributed by atoms with Crippen LogP contribution in [0.1, 0.15) is 17.2 Å². The molecule has 1 aromatic heterocycles.